The lowest BCUT2D eigenvalue weighted by atomic mass is 10.0. The van der Waals surface area contributed by atoms with Crippen molar-refractivity contribution in [2.45, 2.75) is 45.3 Å². The summed E-state index contributed by atoms with van der Waals surface area (Å²) in [7, 11) is 1.61. The number of ether oxygens (including phenoxy) is 1. The van der Waals surface area contributed by atoms with Crippen LogP contribution in [0.1, 0.15) is 36.5 Å². The Hall–Kier alpha value is -2.50. The molecule has 0 aliphatic rings. The van der Waals surface area contributed by atoms with Crippen molar-refractivity contribution < 1.29 is 20.1 Å². The number of unbranched alkanes of at least 4 members (excludes halogenated alkanes) is 1. The van der Waals surface area contributed by atoms with Crippen molar-refractivity contribution >= 4 is 10.9 Å². The Bertz CT molecular complexity index is 932. The average molecular weight is 383 g/mol. The molecule has 0 bridgehead atoms. The van der Waals surface area contributed by atoms with Gasteiger partial charge in [-0.05, 0) is 36.1 Å². The molecular formula is C23H29NO4. The SMILES string of the molecule is CCCCc1ccc(OC)c(Cn2cc(C[C@H](O)CO)c3ccccc32)c1O. The number of nitrogens with zero attached hydrogens (tertiary/aromatic N) is 1. The first-order valence-corrected chi connectivity index (χ1v) is 9.82. The van der Waals surface area contributed by atoms with Crippen molar-refractivity contribution in [3.8, 4) is 11.5 Å². The number of benzene rings is 2. The fraction of sp³-hybridized carbons (Fsp3) is 0.391. The first kappa shape index (κ1) is 20.2. The van der Waals surface area contributed by atoms with E-state index in [2.05, 4.69) is 11.5 Å². The molecule has 0 saturated carbocycles. The smallest absolute Gasteiger partial charge is 0.127 e. The number of para-hydroxylation sites is 1. The second-order valence-electron chi connectivity index (χ2n) is 7.20. The van der Waals surface area contributed by atoms with Crippen molar-refractivity contribution in [1.29, 1.82) is 0 Å². The van der Waals surface area contributed by atoms with Gasteiger partial charge in [0.2, 0.25) is 0 Å². The van der Waals surface area contributed by atoms with Gasteiger partial charge in [0.1, 0.15) is 11.5 Å². The number of rotatable bonds is 9. The highest BCUT2D eigenvalue weighted by Crippen LogP contribution is 2.34. The summed E-state index contributed by atoms with van der Waals surface area (Å²) in [6.07, 6.45) is 4.50. The lowest BCUT2D eigenvalue weighted by molar-refractivity contribution is 0.0957. The van der Waals surface area contributed by atoms with Gasteiger partial charge in [0.25, 0.3) is 0 Å². The van der Waals surface area contributed by atoms with Crippen LogP contribution in [-0.4, -0.2) is 39.7 Å². The fourth-order valence-electron chi connectivity index (χ4n) is 3.68. The molecule has 0 radical (unpaired) electrons. The highest BCUT2D eigenvalue weighted by Gasteiger charge is 2.17. The maximum Gasteiger partial charge on any atom is 0.127 e. The van der Waals surface area contributed by atoms with E-state index in [1.165, 1.54) is 0 Å². The number of aromatic nitrogens is 1. The summed E-state index contributed by atoms with van der Waals surface area (Å²) in [5, 5.41) is 31.0. The number of aliphatic hydroxyl groups is 2. The predicted molar refractivity (Wildman–Crippen MR) is 111 cm³/mol. The minimum absolute atomic E-state index is 0.270. The van der Waals surface area contributed by atoms with Crippen LogP contribution in [-0.2, 0) is 19.4 Å². The standard InChI is InChI=1S/C23H29NO4/c1-3-4-7-16-10-11-22(28-2)20(23(16)27)14-24-13-17(12-18(26)15-25)19-8-5-6-9-21(19)24/h5-6,8-11,13,18,25-27H,3-4,7,12,14-15H2,1-2H3/t18-/m0/s1. The number of aryl methyl sites for hydroxylation is 1. The Labute approximate surface area is 165 Å². The van der Waals surface area contributed by atoms with Gasteiger partial charge in [-0.1, -0.05) is 37.6 Å². The zero-order valence-electron chi connectivity index (χ0n) is 16.6. The summed E-state index contributed by atoms with van der Waals surface area (Å²) in [4.78, 5) is 0. The van der Waals surface area contributed by atoms with Crippen LogP contribution in [0.15, 0.2) is 42.6 Å². The van der Waals surface area contributed by atoms with E-state index in [4.69, 9.17) is 4.74 Å². The molecule has 2 aromatic carbocycles. The average Bonchev–Trinajstić information content (AvgIpc) is 3.06. The number of aliphatic hydroxyl groups excluding tert-OH is 2. The van der Waals surface area contributed by atoms with Gasteiger partial charge >= 0.3 is 0 Å². The molecule has 150 valence electrons. The normalized spacial score (nSPS) is 12.4. The molecule has 1 aromatic heterocycles. The zero-order chi connectivity index (χ0) is 20.1. The van der Waals surface area contributed by atoms with E-state index in [0.29, 0.717) is 24.5 Å². The van der Waals surface area contributed by atoms with Crippen LogP contribution in [0.4, 0.5) is 0 Å². The molecule has 1 heterocycles. The Kier molecular flexibility index (Phi) is 6.60. The summed E-state index contributed by atoms with van der Waals surface area (Å²) in [5.74, 6) is 0.954. The zero-order valence-corrected chi connectivity index (χ0v) is 16.6. The number of hydrogen-bond donors (Lipinski definition) is 3. The van der Waals surface area contributed by atoms with E-state index < -0.39 is 6.10 Å². The first-order chi connectivity index (χ1) is 13.6. The Morgan fingerprint density at radius 2 is 1.89 bits per heavy atom. The third-order valence-corrected chi connectivity index (χ3v) is 5.21. The quantitative estimate of drug-likeness (QED) is 0.527. The Morgan fingerprint density at radius 1 is 1.11 bits per heavy atom. The summed E-state index contributed by atoms with van der Waals surface area (Å²) in [5.41, 5.74) is 3.68. The number of phenols is 1. The molecule has 3 N–H and O–H groups in total. The maximum absolute atomic E-state index is 10.9. The van der Waals surface area contributed by atoms with Gasteiger partial charge < -0.3 is 24.6 Å². The number of fused-ring (bicyclic) bond motifs is 1. The number of aromatic hydroxyl groups is 1. The van der Waals surface area contributed by atoms with Crippen LogP contribution in [0.2, 0.25) is 0 Å². The lowest BCUT2D eigenvalue weighted by Crippen LogP contribution is -2.14. The van der Waals surface area contributed by atoms with Crippen molar-refractivity contribution in [3.63, 3.8) is 0 Å². The van der Waals surface area contributed by atoms with Crippen LogP contribution in [0, 0.1) is 0 Å². The second-order valence-corrected chi connectivity index (χ2v) is 7.20. The van der Waals surface area contributed by atoms with Crippen LogP contribution >= 0.6 is 0 Å². The highest BCUT2D eigenvalue weighted by molar-refractivity contribution is 5.84. The van der Waals surface area contributed by atoms with Crippen LogP contribution in [0.25, 0.3) is 10.9 Å². The van der Waals surface area contributed by atoms with E-state index in [1.807, 2.05) is 42.6 Å². The molecule has 0 spiro atoms. The largest absolute Gasteiger partial charge is 0.507 e. The molecule has 0 unspecified atom stereocenters. The number of phenolic OH excluding ortho intramolecular Hbond substituents is 1. The highest BCUT2D eigenvalue weighted by atomic mass is 16.5. The van der Waals surface area contributed by atoms with E-state index in [-0.39, 0.29) is 6.61 Å². The fourth-order valence-corrected chi connectivity index (χ4v) is 3.68. The molecule has 5 nitrogen and oxygen atoms in total. The van der Waals surface area contributed by atoms with E-state index >= 15 is 0 Å². The first-order valence-electron chi connectivity index (χ1n) is 9.82. The van der Waals surface area contributed by atoms with Crippen LogP contribution in [0.3, 0.4) is 0 Å². The molecule has 1 atom stereocenters. The van der Waals surface area contributed by atoms with Gasteiger partial charge in [0.15, 0.2) is 0 Å². The maximum atomic E-state index is 10.9. The molecule has 0 aliphatic carbocycles. The lowest BCUT2D eigenvalue weighted by Gasteiger charge is -2.15. The number of hydrogen-bond acceptors (Lipinski definition) is 4. The van der Waals surface area contributed by atoms with Crippen LogP contribution < -0.4 is 4.74 Å². The summed E-state index contributed by atoms with van der Waals surface area (Å²) in [6.45, 7) is 2.33. The minimum atomic E-state index is -0.792. The summed E-state index contributed by atoms with van der Waals surface area (Å²) in [6, 6.07) is 11.8. The molecular weight excluding hydrogens is 354 g/mol. The Balaban J connectivity index is 2.02. The van der Waals surface area contributed by atoms with E-state index in [0.717, 1.165) is 46.9 Å². The van der Waals surface area contributed by atoms with Gasteiger partial charge in [-0.25, -0.2) is 0 Å². The van der Waals surface area contributed by atoms with E-state index in [1.54, 1.807) is 7.11 Å². The van der Waals surface area contributed by atoms with Crippen molar-refractivity contribution in [3.05, 3.63) is 59.3 Å². The van der Waals surface area contributed by atoms with Gasteiger partial charge in [-0.15, -0.1) is 0 Å². The Morgan fingerprint density at radius 3 is 2.61 bits per heavy atom. The van der Waals surface area contributed by atoms with Crippen molar-refractivity contribution in [2.75, 3.05) is 13.7 Å². The summed E-state index contributed by atoms with van der Waals surface area (Å²) < 4.78 is 7.58. The van der Waals surface area contributed by atoms with E-state index in [9.17, 15) is 15.3 Å². The van der Waals surface area contributed by atoms with Crippen molar-refractivity contribution in [1.82, 2.24) is 4.57 Å². The van der Waals surface area contributed by atoms with Gasteiger partial charge in [0, 0.05) is 23.5 Å². The van der Waals surface area contributed by atoms with Gasteiger partial charge in [-0.3, -0.25) is 0 Å². The van der Waals surface area contributed by atoms with Gasteiger partial charge in [-0.2, -0.15) is 0 Å². The third kappa shape index (κ3) is 4.16. The monoisotopic (exact) mass is 383 g/mol. The second kappa shape index (κ2) is 9.13. The van der Waals surface area contributed by atoms with Crippen molar-refractivity contribution in [2.24, 2.45) is 0 Å². The molecule has 0 saturated heterocycles. The predicted octanol–water partition coefficient (Wildman–Crippen LogP) is 3.64. The third-order valence-electron chi connectivity index (χ3n) is 5.21. The molecule has 5 heteroatoms. The minimum Gasteiger partial charge on any atom is -0.507 e. The molecule has 0 fully saturated rings. The summed E-state index contributed by atoms with van der Waals surface area (Å²) >= 11 is 0. The van der Waals surface area contributed by atoms with Crippen LogP contribution in [0.5, 0.6) is 11.5 Å². The molecule has 3 aromatic rings. The molecule has 3 rings (SSSR count). The van der Waals surface area contributed by atoms with Gasteiger partial charge in [0.05, 0.1) is 31.9 Å². The molecule has 0 amide bonds. The topological polar surface area (TPSA) is 74.9 Å². The molecule has 28 heavy (non-hydrogen) atoms. The molecule has 0 aliphatic heterocycles. The number of methoxy groups -OCH3 is 1.